The molecule has 1 aliphatic heterocycles. The van der Waals surface area contributed by atoms with Crippen molar-refractivity contribution in [1.29, 1.82) is 0 Å². The summed E-state index contributed by atoms with van der Waals surface area (Å²) in [5.74, 6) is 1.23. The number of hydrogen-bond acceptors (Lipinski definition) is 4. The minimum absolute atomic E-state index is 0.168. The van der Waals surface area contributed by atoms with E-state index >= 15 is 0 Å². The zero-order valence-electron chi connectivity index (χ0n) is 13.5. The summed E-state index contributed by atoms with van der Waals surface area (Å²) in [5.41, 5.74) is 2.77. The van der Waals surface area contributed by atoms with Crippen LogP contribution in [0.25, 0.3) is 27.5 Å². The van der Waals surface area contributed by atoms with Gasteiger partial charge in [0.25, 0.3) is 5.56 Å². The van der Waals surface area contributed by atoms with Gasteiger partial charge in [-0.2, -0.15) is 4.98 Å². The summed E-state index contributed by atoms with van der Waals surface area (Å²) in [6, 6.07) is 15.1. The van der Waals surface area contributed by atoms with Crippen molar-refractivity contribution in [3.05, 3.63) is 76.3 Å². The van der Waals surface area contributed by atoms with Crippen molar-refractivity contribution in [2.24, 2.45) is 7.05 Å². The first kappa shape index (κ1) is 14.0. The van der Waals surface area contributed by atoms with Crippen LogP contribution in [0.4, 0.5) is 0 Å². The number of aromatic nitrogens is 4. The molecule has 0 fully saturated rings. The number of imidazole rings is 1. The van der Waals surface area contributed by atoms with Gasteiger partial charge in [-0.05, 0) is 24.3 Å². The normalized spacial score (nSPS) is 13.8. The first-order chi connectivity index (χ1) is 12.1. The van der Waals surface area contributed by atoms with Crippen molar-refractivity contribution in [2.45, 2.75) is 6.54 Å². The number of hydrogen-bond donors (Lipinski definition) is 1. The predicted molar refractivity (Wildman–Crippen MR) is 95.4 cm³/mol. The molecule has 1 aliphatic rings. The Bertz CT molecular complexity index is 1260. The van der Waals surface area contributed by atoms with Crippen molar-refractivity contribution in [2.75, 3.05) is 0 Å². The van der Waals surface area contributed by atoms with Gasteiger partial charge in [0.15, 0.2) is 5.82 Å². The van der Waals surface area contributed by atoms with Crippen LogP contribution in [0.3, 0.4) is 0 Å². The minimum Gasteiger partial charge on any atom is -0.509 e. The lowest BCUT2D eigenvalue weighted by atomic mass is 10.2. The number of benzene rings is 2. The van der Waals surface area contributed by atoms with E-state index in [4.69, 9.17) is 0 Å². The lowest BCUT2D eigenvalue weighted by Gasteiger charge is -2.09. The monoisotopic (exact) mass is 330 g/mol. The van der Waals surface area contributed by atoms with Crippen LogP contribution >= 0.6 is 0 Å². The Labute approximate surface area is 142 Å². The fourth-order valence-corrected chi connectivity index (χ4v) is 3.53. The number of nitrogens with zero attached hydrogens (tertiary/aromatic N) is 4. The molecule has 0 amide bonds. The van der Waals surface area contributed by atoms with Gasteiger partial charge in [-0.1, -0.05) is 24.3 Å². The van der Waals surface area contributed by atoms with Crippen molar-refractivity contribution in [3.8, 4) is 0 Å². The third kappa shape index (κ3) is 1.82. The fourth-order valence-electron chi connectivity index (χ4n) is 3.53. The van der Waals surface area contributed by atoms with Gasteiger partial charge in [0.05, 0.1) is 34.1 Å². The topological polar surface area (TPSA) is 72.9 Å². The molecule has 25 heavy (non-hydrogen) atoms. The highest BCUT2D eigenvalue weighted by molar-refractivity contribution is 5.87. The number of aryl methyl sites for hydroxylation is 1. The van der Waals surface area contributed by atoms with Crippen molar-refractivity contribution >= 4 is 27.5 Å². The number of aliphatic hydroxyl groups is 1. The molecule has 4 aromatic rings. The molecule has 0 spiro atoms. The quantitative estimate of drug-likeness (QED) is 0.582. The number of allylic oxidation sites excluding steroid dienone is 1. The highest BCUT2D eigenvalue weighted by Crippen LogP contribution is 2.33. The molecular weight excluding hydrogens is 316 g/mol. The Hall–Kier alpha value is -3.41. The molecule has 2 aromatic carbocycles. The number of rotatable bonds is 1. The molecule has 0 bridgehead atoms. The van der Waals surface area contributed by atoms with Gasteiger partial charge in [-0.25, -0.2) is 4.98 Å². The van der Waals surface area contributed by atoms with E-state index in [1.165, 1.54) is 0 Å². The number of aliphatic hydroxyl groups excluding tert-OH is 1. The van der Waals surface area contributed by atoms with E-state index < -0.39 is 0 Å². The molecule has 0 unspecified atom stereocenters. The van der Waals surface area contributed by atoms with Crippen LogP contribution in [-0.2, 0) is 13.6 Å². The summed E-state index contributed by atoms with van der Waals surface area (Å²) in [6.45, 7) is 0.279. The second-order valence-electron chi connectivity index (χ2n) is 6.15. The molecular formula is C19H14N4O2. The third-order valence-electron chi connectivity index (χ3n) is 4.72. The summed E-state index contributed by atoms with van der Waals surface area (Å²) in [5, 5.41) is 11.2. The summed E-state index contributed by atoms with van der Waals surface area (Å²) >= 11 is 0. The Balaban J connectivity index is 1.84. The van der Waals surface area contributed by atoms with Gasteiger partial charge in [0, 0.05) is 7.05 Å². The van der Waals surface area contributed by atoms with Crippen LogP contribution in [0, 0.1) is 0 Å². The fraction of sp³-hybridized carbons (Fsp3) is 0.105. The third-order valence-corrected chi connectivity index (χ3v) is 4.72. The van der Waals surface area contributed by atoms with Crippen LogP contribution in [-0.4, -0.2) is 24.2 Å². The molecule has 2 aromatic heterocycles. The lowest BCUT2D eigenvalue weighted by molar-refractivity contribution is 0.389. The summed E-state index contributed by atoms with van der Waals surface area (Å²) < 4.78 is 3.78. The van der Waals surface area contributed by atoms with E-state index in [1.807, 2.05) is 58.6 Å². The average molecular weight is 330 g/mol. The number of para-hydroxylation sites is 3. The van der Waals surface area contributed by atoms with Gasteiger partial charge >= 0.3 is 0 Å². The first-order valence-electron chi connectivity index (χ1n) is 7.99. The van der Waals surface area contributed by atoms with Gasteiger partial charge < -0.3 is 14.2 Å². The Morgan fingerprint density at radius 3 is 2.48 bits per heavy atom. The van der Waals surface area contributed by atoms with Crippen molar-refractivity contribution in [3.63, 3.8) is 0 Å². The molecule has 0 aliphatic carbocycles. The molecule has 6 nitrogen and oxygen atoms in total. The molecule has 5 rings (SSSR count). The van der Waals surface area contributed by atoms with Crippen LogP contribution in [0.1, 0.15) is 11.6 Å². The Morgan fingerprint density at radius 2 is 1.68 bits per heavy atom. The Morgan fingerprint density at radius 1 is 0.960 bits per heavy atom. The maximum atomic E-state index is 12.4. The smallest absolute Gasteiger partial charge is 0.281 e. The predicted octanol–water partition coefficient (Wildman–Crippen LogP) is 2.61. The second-order valence-corrected chi connectivity index (χ2v) is 6.15. The molecule has 0 saturated heterocycles. The van der Waals surface area contributed by atoms with E-state index in [9.17, 15) is 9.90 Å². The van der Waals surface area contributed by atoms with Crippen LogP contribution in [0.15, 0.2) is 59.1 Å². The maximum absolute atomic E-state index is 12.4. The molecule has 1 N–H and O–H groups in total. The SMILES string of the molecule is Cn1c(C2=C(O)Cn3c2nc(=O)c2ccccc23)nc2ccccc21. The second kappa shape index (κ2) is 4.80. The Kier molecular flexibility index (Phi) is 2.68. The van der Waals surface area contributed by atoms with E-state index in [0.717, 1.165) is 16.6 Å². The van der Waals surface area contributed by atoms with Crippen molar-refractivity contribution in [1.82, 2.24) is 19.1 Å². The van der Waals surface area contributed by atoms with Gasteiger partial charge in [-0.15, -0.1) is 0 Å². The van der Waals surface area contributed by atoms with Gasteiger partial charge in [-0.3, -0.25) is 4.79 Å². The summed E-state index contributed by atoms with van der Waals surface area (Å²) in [7, 11) is 1.90. The molecule has 122 valence electrons. The van der Waals surface area contributed by atoms with Crippen LogP contribution < -0.4 is 5.56 Å². The van der Waals surface area contributed by atoms with E-state index in [2.05, 4.69) is 9.97 Å². The van der Waals surface area contributed by atoms with Crippen molar-refractivity contribution < 1.29 is 5.11 Å². The molecule has 0 saturated carbocycles. The largest absolute Gasteiger partial charge is 0.509 e. The van der Waals surface area contributed by atoms with Crippen LogP contribution in [0.5, 0.6) is 0 Å². The number of fused-ring (bicyclic) bond motifs is 4. The average Bonchev–Trinajstić information content (AvgIpc) is 3.12. The highest BCUT2D eigenvalue weighted by Gasteiger charge is 2.29. The summed E-state index contributed by atoms with van der Waals surface area (Å²) in [6.07, 6.45) is 0. The standard InChI is InChI=1S/C19H14N4O2/c1-22-14-9-5-3-7-12(14)20-17(22)16-15(24)10-23-13-8-4-2-6-11(13)19(25)21-18(16)23/h2-9,24H,10H2,1H3. The van der Waals surface area contributed by atoms with E-state index in [0.29, 0.717) is 22.6 Å². The van der Waals surface area contributed by atoms with Crippen LogP contribution in [0.2, 0.25) is 0 Å². The molecule has 3 heterocycles. The zero-order valence-corrected chi connectivity index (χ0v) is 13.5. The molecule has 0 radical (unpaired) electrons. The lowest BCUT2D eigenvalue weighted by Crippen LogP contribution is -2.16. The summed E-state index contributed by atoms with van der Waals surface area (Å²) in [4.78, 5) is 21.3. The maximum Gasteiger partial charge on any atom is 0.281 e. The molecule has 0 atom stereocenters. The van der Waals surface area contributed by atoms with Gasteiger partial charge in [0.1, 0.15) is 11.6 Å². The van der Waals surface area contributed by atoms with E-state index in [-0.39, 0.29) is 17.9 Å². The zero-order chi connectivity index (χ0) is 17.1. The van der Waals surface area contributed by atoms with E-state index in [1.54, 1.807) is 6.07 Å². The minimum atomic E-state index is -0.298. The molecule has 6 heteroatoms. The highest BCUT2D eigenvalue weighted by atomic mass is 16.3. The first-order valence-corrected chi connectivity index (χ1v) is 7.99. The van der Waals surface area contributed by atoms with Gasteiger partial charge in [0.2, 0.25) is 0 Å².